The first-order valence-corrected chi connectivity index (χ1v) is 8.85. The number of ether oxygens (including phenoxy) is 2. The van der Waals surface area contributed by atoms with Crippen LogP contribution in [-0.2, 0) is 33.7 Å². The molecule has 1 heterocycles. The molecule has 0 aliphatic heterocycles. The number of carbonyl (C=O) groups excluding carboxylic acids is 1. The number of nitrogens with zero attached hydrogens (tertiary/aromatic N) is 3. The molecule has 0 bridgehead atoms. The van der Waals surface area contributed by atoms with Gasteiger partial charge in [0.05, 0.1) is 31.7 Å². The van der Waals surface area contributed by atoms with Gasteiger partial charge in [0.1, 0.15) is 0 Å². The minimum absolute atomic E-state index is 0.163. The second-order valence-corrected chi connectivity index (χ2v) is 6.14. The van der Waals surface area contributed by atoms with Gasteiger partial charge in [-0.05, 0) is 11.6 Å². The van der Waals surface area contributed by atoms with Crippen LogP contribution in [0, 0.1) is 10.1 Å². The maximum absolute atomic E-state index is 11.4. The van der Waals surface area contributed by atoms with Gasteiger partial charge in [-0.3, -0.25) is 14.9 Å². The molecule has 150 valence electrons. The largest absolute Gasteiger partial charge is 0.469 e. The molecule has 2 aromatic carbocycles. The fourth-order valence-corrected chi connectivity index (χ4v) is 2.64. The molecule has 0 aliphatic rings. The Morgan fingerprint density at radius 3 is 2.69 bits per heavy atom. The van der Waals surface area contributed by atoms with Crippen molar-refractivity contribution in [2.75, 3.05) is 13.7 Å². The fourth-order valence-electron chi connectivity index (χ4n) is 2.64. The predicted octanol–water partition coefficient (Wildman–Crippen LogP) is 3.12. The topological polar surface area (TPSA) is 118 Å². The Morgan fingerprint density at radius 2 is 1.97 bits per heavy atom. The third-order valence-electron chi connectivity index (χ3n) is 4.13. The van der Waals surface area contributed by atoms with Gasteiger partial charge >= 0.3 is 5.97 Å². The lowest BCUT2D eigenvalue weighted by atomic mass is 10.1. The molecule has 0 amide bonds. The summed E-state index contributed by atoms with van der Waals surface area (Å²) in [6.45, 7) is 0.879. The summed E-state index contributed by atoms with van der Waals surface area (Å²) in [6.07, 6.45) is 0.225. The Labute approximate surface area is 166 Å². The highest BCUT2D eigenvalue weighted by Crippen LogP contribution is 2.27. The molecular weight excluding hydrogens is 378 g/mol. The molecule has 0 radical (unpaired) electrons. The van der Waals surface area contributed by atoms with Gasteiger partial charge < -0.3 is 13.9 Å². The second kappa shape index (κ2) is 9.56. The minimum Gasteiger partial charge on any atom is -0.469 e. The van der Waals surface area contributed by atoms with Gasteiger partial charge in [0.2, 0.25) is 11.8 Å². The molecule has 0 saturated carbocycles. The number of hydrogen-bond donors (Lipinski definition) is 0. The van der Waals surface area contributed by atoms with Crippen molar-refractivity contribution in [3.63, 3.8) is 0 Å². The number of carbonyl (C=O) groups is 1. The highest BCUT2D eigenvalue weighted by molar-refractivity contribution is 5.75. The summed E-state index contributed by atoms with van der Waals surface area (Å²) < 4.78 is 15.7. The smallest absolute Gasteiger partial charge is 0.310 e. The van der Waals surface area contributed by atoms with E-state index in [4.69, 9.17) is 9.15 Å². The van der Waals surface area contributed by atoms with Crippen molar-refractivity contribution < 1.29 is 23.6 Å². The maximum atomic E-state index is 11.4. The van der Waals surface area contributed by atoms with Crippen molar-refractivity contribution in [3.05, 3.63) is 75.7 Å². The van der Waals surface area contributed by atoms with Crippen LogP contribution in [0.2, 0.25) is 0 Å². The van der Waals surface area contributed by atoms with Crippen LogP contribution in [0.15, 0.2) is 52.9 Å². The number of hydrogen-bond acceptors (Lipinski definition) is 8. The second-order valence-electron chi connectivity index (χ2n) is 6.14. The Kier molecular flexibility index (Phi) is 6.64. The van der Waals surface area contributed by atoms with Crippen LogP contribution in [0.4, 0.5) is 5.69 Å². The normalized spacial score (nSPS) is 10.7. The number of methoxy groups -OCH3 is 1. The average molecular weight is 397 g/mol. The minimum atomic E-state index is -0.559. The first kappa shape index (κ1) is 20.2. The quantitative estimate of drug-likeness (QED) is 0.234. The van der Waals surface area contributed by atoms with Crippen LogP contribution in [-0.4, -0.2) is 34.8 Å². The van der Waals surface area contributed by atoms with Gasteiger partial charge in [0, 0.05) is 23.6 Å². The molecule has 3 aromatic rings. The molecule has 3 rings (SSSR count). The first-order valence-electron chi connectivity index (χ1n) is 8.85. The summed E-state index contributed by atoms with van der Waals surface area (Å²) in [5.74, 6) is -0.0263. The van der Waals surface area contributed by atoms with Crippen molar-refractivity contribution in [2.24, 2.45) is 0 Å². The van der Waals surface area contributed by atoms with E-state index < -0.39 is 10.9 Å². The molecule has 0 N–H and O–H groups in total. The van der Waals surface area contributed by atoms with Crippen LogP contribution in [0.25, 0.3) is 11.5 Å². The molecule has 0 aliphatic carbocycles. The maximum Gasteiger partial charge on any atom is 0.310 e. The summed E-state index contributed by atoms with van der Waals surface area (Å²) in [5, 5.41) is 19.2. The number of esters is 1. The predicted molar refractivity (Wildman–Crippen MR) is 102 cm³/mol. The van der Waals surface area contributed by atoms with Gasteiger partial charge in [0.25, 0.3) is 5.69 Å². The Bertz CT molecular complexity index is 987. The van der Waals surface area contributed by atoms with Crippen LogP contribution < -0.4 is 0 Å². The lowest BCUT2D eigenvalue weighted by molar-refractivity contribution is -0.385. The SMILES string of the molecule is COC(=O)Cc1ccc(-c2nnc(CCOCc3ccccc3)o2)cc1[N+](=O)[O-]. The number of nitro benzene ring substituents is 1. The molecule has 0 saturated heterocycles. The zero-order valence-corrected chi connectivity index (χ0v) is 15.7. The van der Waals surface area contributed by atoms with E-state index in [1.54, 1.807) is 6.07 Å². The Balaban J connectivity index is 1.63. The third kappa shape index (κ3) is 5.45. The number of aromatic nitrogens is 2. The monoisotopic (exact) mass is 397 g/mol. The van der Waals surface area contributed by atoms with Crippen LogP contribution >= 0.6 is 0 Å². The van der Waals surface area contributed by atoms with Gasteiger partial charge in [-0.25, -0.2) is 0 Å². The van der Waals surface area contributed by atoms with Crippen molar-refractivity contribution in [3.8, 4) is 11.5 Å². The molecule has 29 heavy (non-hydrogen) atoms. The Morgan fingerprint density at radius 1 is 1.17 bits per heavy atom. The lowest BCUT2D eigenvalue weighted by Crippen LogP contribution is -2.06. The van der Waals surface area contributed by atoms with E-state index in [2.05, 4.69) is 14.9 Å². The standard InChI is InChI=1S/C20H19N3O6/c1-27-19(24)12-15-7-8-16(11-17(15)23(25)26)20-22-21-18(29-20)9-10-28-13-14-5-3-2-4-6-14/h2-8,11H,9-10,12-13H2,1H3. The molecule has 9 heteroatoms. The number of nitro groups is 1. The number of rotatable bonds is 9. The van der Waals surface area contributed by atoms with Crippen molar-refractivity contribution in [1.29, 1.82) is 0 Å². The van der Waals surface area contributed by atoms with Crippen molar-refractivity contribution in [1.82, 2.24) is 10.2 Å². The Hall–Kier alpha value is -3.59. The van der Waals surface area contributed by atoms with E-state index in [0.717, 1.165) is 5.56 Å². The molecule has 0 atom stereocenters. The molecule has 0 spiro atoms. The van der Waals surface area contributed by atoms with Crippen molar-refractivity contribution >= 4 is 11.7 Å². The summed E-state index contributed by atoms with van der Waals surface area (Å²) in [6, 6.07) is 14.2. The fraction of sp³-hybridized carbons (Fsp3) is 0.250. The van der Waals surface area contributed by atoms with Crippen LogP contribution in [0.1, 0.15) is 17.0 Å². The summed E-state index contributed by atoms with van der Waals surface area (Å²) in [7, 11) is 1.23. The van der Waals surface area contributed by atoms with E-state index >= 15 is 0 Å². The first-order chi connectivity index (χ1) is 14.1. The highest BCUT2D eigenvalue weighted by Gasteiger charge is 2.20. The molecular formula is C20H19N3O6. The van der Waals surface area contributed by atoms with E-state index in [-0.39, 0.29) is 23.6 Å². The van der Waals surface area contributed by atoms with Crippen molar-refractivity contribution in [2.45, 2.75) is 19.4 Å². The van der Waals surface area contributed by atoms with Gasteiger partial charge in [-0.1, -0.05) is 36.4 Å². The van der Waals surface area contributed by atoms with E-state index in [0.29, 0.717) is 31.1 Å². The van der Waals surface area contributed by atoms with Gasteiger partial charge in [-0.2, -0.15) is 0 Å². The summed E-state index contributed by atoms with van der Waals surface area (Å²) in [4.78, 5) is 22.2. The molecule has 9 nitrogen and oxygen atoms in total. The number of benzene rings is 2. The highest BCUT2D eigenvalue weighted by atomic mass is 16.6. The van der Waals surface area contributed by atoms with Gasteiger partial charge in [-0.15, -0.1) is 10.2 Å². The van der Waals surface area contributed by atoms with E-state index in [1.165, 1.54) is 19.2 Å². The lowest BCUT2D eigenvalue weighted by Gasteiger charge is -2.03. The zero-order valence-electron chi connectivity index (χ0n) is 15.7. The molecule has 0 unspecified atom stereocenters. The third-order valence-corrected chi connectivity index (χ3v) is 4.13. The van der Waals surface area contributed by atoms with Crippen LogP contribution in [0.3, 0.4) is 0 Å². The molecule has 1 aromatic heterocycles. The molecule has 0 fully saturated rings. The van der Waals surface area contributed by atoms with E-state index in [9.17, 15) is 14.9 Å². The zero-order chi connectivity index (χ0) is 20.6. The summed E-state index contributed by atoms with van der Waals surface area (Å²) in [5.41, 5.74) is 1.51. The van der Waals surface area contributed by atoms with Crippen LogP contribution in [0.5, 0.6) is 0 Å². The van der Waals surface area contributed by atoms with E-state index in [1.807, 2.05) is 30.3 Å². The van der Waals surface area contributed by atoms with Gasteiger partial charge in [0.15, 0.2) is 0 Å². The average Bonchev–Trinajstić information content (AvgIpc) is 3.21. The summed E-state index contributed by atoms with van der Waals surface area (Å²) >= 11 is 0.